The fourth-order valence-corrected chi connectivity index (χ4v) is 2.47. The first-order valence-corrected chi connectivity index (χ1v) is 8.59. The molecule has 136 valence electrons. The highest BCUT2D eigenvalue weighted by Gasteiger charge is 2.24. The van der Waals surface area contributed by atoms with Crippen LogP contribution >= 0.6 is 0 Å². The number of nitrogens with two attached hydrogens (primary N) is 1. The molecule has 8 nitrogen and oxygen atoms in total. The number of unbranched alkanes of at least 4 members (excludes halogenated alkanes) is 1. The van der Waals surface area contributed by atoms with E-state index in [-0.39, 0.29) is 0 Å². The van der Waals surface area contributed by atoms with Crippen LogP contribution in [0, 0.1) is 0 Å². The van der Waals surface area contributed by atoms with Crippen LogP contribution in [0.25, 0.3) is 0 Å². The third-order valence-electron chi connectivity index (χ3n) is 3.97. The summed E-state index contributed by atoms with van der Waals surface area (Å²) in [5.74, 6) is 0.913. The fourth-order valence-electron chi connectivity index (χ4n) is 2.47. The molecule has 1 aromatic rings. The maximum absolute atomic E-state index is 11.7. The molecule has 0 radical (unpaired) electrons. The Labute approximate surface area is 148 Å². The average molecular weight is 345 g/mol. The standard InChI is InChI=1S/C17H27N7O/c1-4-6-9-24-21-16(18)15(19-3)17(22-24)23(12-25)11-14-8-7-13(5-2)10-20-14/h7-8,10,12,19,22H,4-6,9,11H2,1-3H3,(H2,18,21). The van der Waals surface area contributed by atoms with Crippen molar-refractivity contribution in [1.29, 1.82) is 0 Å². The summed E-state index contributed by atoms with van der Waals surface area (Å²) in [6, 6.07) is 3.96. The third-order valence-corrected chi connectivity index (χ3v) is 3.97. The fraction of sp³-hybridized carbons (Fsp3) is 0.471. The van der Waals surface area contributed by atoms with Gasteiger partial charge in [0.1, 0.15) is 5.70 Å². The van der Waals surface area contributed by atoms with Gasteiger partial charge in [-0.1, -0.05) is 26.3 Å². The van der Waals surface area contributed by atoms with Gasteiger partial charge in [-0.05, 0) is 24.5 Å². The summed E-state index contributed by atoms with van der Waals surface area (Å²) in [7, 11) is 1.75. The zero-order valence-electron chi connectivity index (χ0n) is 15.1. The monoisotopic (exact) mass is 345 g/mol. The normalized spacial score (nSPS) is 14.0. The molecular formula is C17H27N7O. The van der Waals surface area contributed by atoms with Gasteiger partial charge in [0.05, 0.1) is 18.8 Å². The van der Waals surface area contributed by atoms with Crippen molar-refractivity contribution < 1.29 is 4.79 Å². The van der Waals surface area contributed by atoms with Crippen LogP contribution in [0.15, 0.2) is 34.9 Å². The molecule has 1 aliphatic heterocycles. The second-order valence-corrected chi connectivity index (χ2v) is 5.79. The SMILES string of the molecule is CCCCN1N=C(N)C(NC)=C(N(C=O)Cc2ccc(CC)cn2)N1. The van der Waals surface area contributed by atoms with Crippen LogP contribution in [0.3, 0.4) is 0 Å². The summed E-state index contributed by atoms with van der Waals surface area (Å²) in [4.78, 5) is 17.7. The largest absolute Gasteiger partial charge is 0.382 e. The first kappa shape index (κ1) is 18.6. The Bertz CT molecular complexity index is 639. The number of carbonyl (C=O) groups is 1. The average Bonchev–Trinajstić information content (AvgIpc) is 2.64. The van der Waals surface area contributed by atoms with Gasteiger partial charge in [0, 0.05) is 13.2 Å². The summed E-state index contributed by atoms with van der Waals surface area (Å²) < 4.78 is 0. The number of carbonyl (C=O) groups excluding carboxylic acids is 1. The topological polar surface area (TPSA) is 98.9 Å². The molecule has 2 heterocycles. The Balaban J connectivity index is 2.22. The maximum atomic E-state index is 11.7. The van der Waals surface area contributed by atoms with Gasteiger partial charge in [-0.15, -0.1) is 5.10 Å². The minimum absolute atomic E-state index is 0.341. The van der Waals surface area contributed by atoms with Gasteiger partial charge < -0.3 is 11.1 Å². The van der Waals surface area contributed by atoms with Gasteiger partial charge in [-0.3, -0.25) is 20.1 Å². The van der Waals surface area contributed by atoms with Crippen molar-refractivity contribution in [3.63, 3.8) is 0 Å². The molecule has 4 N–H and O–H groups in total. The Morgan fingerprint density at radius 3 is 2.76 bits per heavy atom. The van der Waals surface area contributed by atoms with E-state index in [1.54, 1.807) is 17.1 Å². The Kier molecular flexibility index (Phi) is 6.62. The molecular weight excluding hydrogens is 318 g/mol. The molecule has 0 saturated heterocycles. The molecule has 1 aromatic heterocycles. The number of nitrogens with zero attached hydrogens (tertiary/aromatic N) is 4. The molecule has 1 amide bonds. The van der Waals surface area contributed by atoms with Crippen molar-refractivity contribution >= 4 is 12.2 Å². The predicted octanol–water partition coefficient (Wildman–Crippen LogP) is 0.883. The Morgan fingerprint density at radius 2 is 2.20 bits per heavy atom. The third kappa shape index (κ3) is 4.62. The van der Waals surface area contributed by atoms with Gasteiger partial charge in [0.2, 0.25) is 6.41 Å². The molecule has 0 fully saturated rings. The number of amidine groups is 1. The molecule has 0 unspecified atom stereocenters. The molecule has 0 aromatic carbocycles. The Morgan fingerprint density at radius 1 is 1.40 bits per heavy atom. The van der Waals surface area contributed by atoms with Crippen molar-refractivity contribution in [2.75, 3.05) is 13.6 Å². The lowest BCUT2D eigenvalue weighted by Gasteiger charge is -2.33. The highest BCUT2D eigenvalue weighted by atomic mass is 16.1. The van der Waals surface area contributed by atoms with Crippen molar-refractivity contribution in [3.8, 4) is 0 Å². The number of rotatable bonds is 9. The lowest BCUT2D eigenvalue weighted by atomic mass is 10.2. The molecule has 0 aliphatic carbocycles. The van der Waals surface area contributed by atoms with Crippen molar-refractivity contribution in [2.45, 2.75) is 39.7 Å². The number of hydrogen-bond acceptors (Lipinski definition) is 7. The number of likely N-dealkylation sites (N-methyl/N-ethyl adjacent to an activating group) is 1. The van der Waals surface area contributed by atoms with Gasteiger partial charge in [0.15, 0.2) is 11.7 Å². The lowest BCUT2D eigenvalue weighted by Crippen LogP contribution is -2.49. The van der Waals surface area contributed by atoms with E-state index in [0.717, 1.165) is 36.9 Å². The van der Waals surface area contributed by atoms with Crippen molar-refractivity contribution in [3.05, 3.63) is 41.1 Å². The summed E-state index contributed by atoms with van der Waals surface area (Å²) in [5, 5.41) is 8.99. The van der Waals surface area contributed by atoms with Crippen LogP contribution < -0.4 is 16.5 Å². The first-order valence-electron chi connectivity index (χ1n) is 8.59. The summed E-state index contributed by atoms with van der Waals surface area (Å²) in [6.07, 6.45) is 5.54. The molecule has 0 atom stereocenters. The zero-order chi connectivity index (χ0) is 18.2. The minimum Gasteiger partial charge on any atom is -0.382 e. The molecule has 2 rings (SSSR count). The van der Waals surface area contributed by atoms with E-state index < -0.39 is 0 Å². The molecule has 8 heteroatoms. The van der Waals surface area contributed by atoms with Crippen LogP contribution in [-0.2, 0) is 17.8 Å². The van der Waals surface area contributed by atoms with Crippen LogP contribution in [0.5, 0.6) is 0 Å². The van der Waals surface area contributed by atoms with Crippen molar-refractivity contribution in [1.82, 2.24) is 25.7 Å². The maximum Gasteiger partial charge on any atom is 0.215 e. The van der Waals surface area contributed by atoms with E-state index in [0.29, 0.717) is 30.4 Å². The van der Waals surface area contributed by atoms with Gasteiger partial charge in [0.25, 0.3) is 0 Å². The van der Waals surface area contributed by atoms with Gasteiger partial charge in [-0.25, -0.2) is 5.12 Å². The predicted molar refractivity (Wildman–Crippen MR) is 97.7 cm³/mol. The number of nitrogens with one attached hydrogen (secondary N) is 2. The second-order valence-electron chi connectivity index (χ2n) is 5.79. The number of aromatic nitrogens is 1. The summed E-state index contributed by atoms with van der Waals surface area (Å²) in [5.41, 5.74) is 11.8. The number of hydrazone groups is 1. The zero-order valence-corrected chi connectivity index (χ0v) is 15.1. The van der Waals surface area contributed by atoms with Crippen LogP contribution in [0.4, 0.5) is 0 Å². The molecule has 25 heavy (non-hydrogen) atoms. The summed E-state index contributed by atoms with van der Waals surface area (Å²) >= 11 is 0. The molecule has 1 aliphatic rings. The van der Waals surface area contributed by atoms with Crippen LogP contribution in [-0.4, -0.2) is 40.8 Å². The number of aryl methyl sites for hydroxylation is 1. The molecule has 0 bridgehead atoms. The number of hydrogen-bond donors (Lipinski definition) is 3. The van der Waals surface area contributed by atoms with Crippen LogP contribution in [0.1, 0.15) is 37.9 Å². The second kappa shape index (κ2) is 8.91. The van der Waals surface area contributed by atoms with E-state index in [1.165, 1.54) is 0 Å². The number of pyridine rings is 1. The van der Waals surface area contributed by atoms with E-state index in [2.05, 4.69) is 34.7 Å². The van der Waals surface area contributed by atoms with E-state index >= 15 is 0 Å². The van der Waals surface area contributed by atoms with Gasteiger partial charge >= 0.3 is 0 Å². The van der Waals surface area contributed by atoms with Crippen LogP contribution in [0.2, 0.25) is 0 Å². The smallest absolute Gasteiger partial charge is 0.215 e. The van der Waals surface area contributed by atoms with E-state index in [9.17, 15) is 4.79 Å². The van der Waals surface area contributed by atoms with Gasteiger partial charge in [-0.2, -0.15) is 0 Å². The summed E-state index contributed by atoms with van der Waals surface area (Å²) in [6.45, 7) is 5.23. The molecule has 0 saturated carbocycles. The Hall–Kier alpha value is -2.77. The number of hydrazine groups is 1. The van der Waals surface area contributed by atoms with E-state index in [1.807, 2.05) is 18.3 Å². The number of amides is 1. The highest BCUT2D eigenvalue weighted by molar-refractivity contribution is 5.97. The first-order chi connectivity index (χ1) is 12.1. The molecule has 0 spiro atoms. The van der Waals surface area contributed by atoms with Crippen molar-refractivity contribution in [2.24, 2.45) is 10.8 Å². The quantitative estimate of drug-likeness (QED) is 0.575. The minimum atomic E-state index is 0.341. The lowest BCUT2D eigenvalue weighted by molar-refractivity contribution is -0.117. The highest BCUT2D eigenvalue weighted by Crippen LogP contribution is 2.14. The van der Waals surface area contributed by atoms with E-state index in [4.69, 9.17) is 5.73 Å².